The van der Waals surface area contributed by atoms with E-state index in [-0.39, 0.29) is 40.5 Å². The van der Waals surface area contributed by atoms with Gasteiger partial charge in [0.25, 0.3) is 0 Å². The van der Waals surface area contributed by atoms with E-state index >= 15 is 0 Å². The van der Waals surface area contributed by atoms with E-state index in [1.807, 2.05) is 35.9 Å². The Labute approximate surface area is 283 Å². The van der Waals surface area contributed by atoms with Gasteiger partial charge in [-0.25, -0.2) is 18.4 Å². The molecule has 0 aliphatic carbocycles. The van der Waals surface area contributed by atoms with Crippen molar-refractivity contribution >= 4 is 56.0 Å². The molecule has 3 heterocycles. The number of carbonyl (C=O) groups is 2. The van der Waals surface area contributed by atoms with Crippen LogP contribution in [0.3, 0.4) is 0 Å². The number of aliphatic carboxylic acids is 1. The molecule has 0 radical (unpaired) electrons. The number of sulfonamides is 1. The lowest BCUT2D eigenvalue weighted by Gasteiger charge is -2.28. The highest BCUT2D eigenvalue weighted by Gasteiger charge is 2.41. The normalized spacial score (nSPS) is 15.4. The number of rotatable bonds is 13. The summed E-state index contributed by atoms with van der Waals surface area (Å²) in [5.74, 6) is -0.787. The van der Waals surface area contributed by atoms with Gasteiger partial charge in [0.2, 0.25) is 15.9 Å². The van der Waals surface area contributed by atoms with E-state index in [0.717, 1.165) is 16.8 Å². The Hall–Kier alpha value is -3.75. The molecule has 1 amide bonds. The molecule has 4 aromatic rings. The molecule has 1 aliphatic heterocycles. The first-order valence-corrected chi connectivity index (χ1v) is 17.2. The van der Waals surface area contributed by atoms with Gasteiger partial charge in [0.05, 0.1) is 23.6 Å². The number of aromatic nitrogens is 3. The van der Waals surface area contributed by atoms with Crippen molar-refractivity contribution in [2.24, 2.45) is 0 Å². The number of halogens is 2. The van der Waals surface area contributed by atoms with E-state index in [0.29, 0.717) is 49.2 Å². The molecule has 47 heavy (non-hydrogen) atoms. The van der Waals surface area contributed by atoms with Gasteiger partial charge in [-0.2, -0.15) is 4.31 Å². The number of para-hydroxylation sites is 1. The molecule has 1 N–H and O–H groups in total. The summed E-state index contributed by atoms with van der Waals surface area (Å²) in [6.07, 6.45) is 6.66. The summed E-state index contributed by atoms with van der Waals surface area (Å²) in [7, 11) is -0.883. The Morgan fingerprint density at radius 3 is 2.66 bits per heavy atom. The lowest BCUT2D eigenvalue weighted by molar-refractivity contribution is -0.138. The van der Waals surface area contributed by atoms with Gasteiger partial charge in [-0.15, -0.1) is 0 Å². The number of nitrogens with zero attached hydrogens (tertiary/aromatic N) is 6. The molecule has 5 rings (SSSR count). The highest BCUT2D eigenvalue weighted by molar-refractivity contribution is 7.89. The van der Waals surface area contributed by atoms with Crippen LogP contribution in [0.2, 0.25) is 10.0 Å². The van der Waals surface area contributed by atoms with Crippen LogP contribution in [0.15, 0.2) is 60.0 Å². The number of carbonyl (C=O) groups excluding carboxylic acids is 1. The number of amides is 1. The summed E-state index contributed by atoms with van der Waals surface area (Å²) in [6.45, 7) is 2.64. The molecule has 1 aliphatic rings. The number of carboxylic acid groups (broad SMARTS) is 1. The third-order valence-corrected chi connectivity index (χ3v) is 11.0. The number of fused-ring (bicyclic) bond motifs is 1. The maximum absolute atomic E-state index is 14.0. The van der Waals surface area contributed by atoms with Crippen LogP contribution in [0.5, 0.6) is 5.75 Å². The number of hydrogen-bond acceptors (Lipinski definition) is 8. The van der Waals surface area contributed by atoms with Crippen LogP contribution in [0.4, 0.5) is 0 Å². The summed E-state index contributed by atoms with van der Waals surface area (Å²) in [6, 6.07) is 9.43. The van der Waals surface area contributed by atoms with Crippen molar-refractivity contribution in [3.8, 4) is 11.4 Å². The summed E-state index contributed by atoms with van der Waals surface area (Å²) < 4.78 is 37.3. The van der Waals surface area contributed by atoms with Crippen molar-refractivity contribution in [2.75, 3.05) is 40.3 Å². The molecule has 1 atom stereocenters. The second kappa shape index (κ2) is 14.6. The van der Waals surface area contributed by atoms with Gasteiger partial charge in [-0.1, -0.05) is 35.3 Å². The van der Waals surface area contributed by atoms with Crippen LogP contribution in [0.25, 0.3) is 16.6 Å². The predicted molar refractivity (Wildman–Crippen MR) is 179 cm³/mol. The molecule has 1 saturated heterocycles. The Morgan fingerprint density at radius 1 is 1.15 bits per heavy atom. The van der Waals surface area contributed by atoms with E-state index in [9.17, 15) is 18.0 Å². The van der Waals surface area contributed by atoms with Crippen LogP contribution in [-0.4, -0.2) is 100 Å². The zero-order chi connectivity index (χ0) is 33.9. The number of imidazole rings is 1. The average molecular weight is 704 g/mol. The Bertz CT molecular complexity index is 1890. The van der Waals surface area contributed by atoms with Crippen molar-refractivity contribution in [3.63, 3.8) is 0 Å². The number of pyridine rings is 1. The Balaban J connectivity index is 1.35. The topological polar surface area (TPSA) is 138 Å². The fourth-order valence-corrected chi connectivity index (χ4v) is 8.29. The molecular formula is C32H36Cl2N6O6S. The molecular weight excluding hydrogens is 667 g/mol. The van der Waals surface area contributed by atoms with Gasteiger partial charge in [-0.3, -0.25) is 14.5 Å². The van der Waals surface area contributed by atoms with E-state index in [1.54, 1.807) is 37.6 Å². The third kappa shape index (κ3) is 7.54. The Kier molecular flexibility index (Phi) is 10.7. The number of ether oxygens (including phenoxy) is 1. The van der Waals surface area contributed by atoms with Gasteiger partial charge in [0, 0.05) is 60.7 Å². The molecule has 2 aromatic carbocycles. The van der Waals surface area contributed by atoms with Crippen molar-refractivity contribution in [1.82, 2.24) is 28.6 Å². The zero-order valence-electron chi connectivity index (χ0n) is 26.3. The number of aryl methyl sites for hydroxylation is 1. The molecule has 12 nitrogen and oxygen atoms in total. The summed E-state index contributed by atoms with van der Waals surface area (Å²) in [5.41, 5.74) is 2.56. The van der Waals surface area contributed by atoms with Gasteiger partial charge in [0.15, 0.2) is 0 Å². The first-order chi connectivity index (χ1) is 22.4. The largest absolute Gasteiger partial charge is 0.487 e. The molecule has 1 fully saturated rings. The van der Waals surface area contributed by atoms with Crippen LogP contribution < -0.4 is 4.74 Å². The van der Waals surface area contributed by atoms with Gasteiger partial charge in [0.1, 0.15) is 28.8 Å². The molecule has 250 valence electrons. The highest BCUT2D eigenvalue weighted by atomic mass is 35.5. The van der Waals surface area contributed by atoms with Crippen molar-refractivity contribution in [2.45, 2.75) is 43.7 Å². The molecule has 0 saturated carbocycles. The van der Waals surface area contributed by atoms with E-state index in [1.165, 1.54) is 21.3 Å². The zero-order valence-corrected chi connectivity index (χ0v) is 28.6. The van der Waals surface area contributed by atoms with Crippen molar-refractivity contribution < 1.29 is 27.9 Å². The third-order valence-electron chi connectivity index (χ3n) is 8.10. The van der Waals surface area contributed by atoms with Crippen LogP contribution in [-0.2, 0) is 26.2 Å². The fraction of sp³-hybridized carbons (Fsp3) is 0.375. The van der Waals surface area contributed by atoms with E-state index in [2.05, 4.69) is 4.98 Å². The van der Waals surface area contributed by atoms with Gasteiger partial charge in [-0.05, 0) is 57.5 Å². The maximum atomic E-state index is 14.0. The number of carboxylic acids is 1. The number of benzene rings is 2. The van der Waals surface area contributed by atoms with Crippen LogP contribution in [0, 0.1) is 6.92 Å². The smallest absolute Gasteiger partial charge is 0.317 e. The monoisotopic (exact) mass is 702 g/mol. The average Bonchev–Trinajstić information content (AvgIpc) is 3.73. The molecule has 0 spiro atoms. The quantitative estimate of drug-likeness (QED) is 0.211. The van der Waals surface area contributed by atoms with E-state index in [4.69, 9.17) is 38.0 Å². The van der Waals surface area contributed by atoms with Crippen LogP contribution in [0.1, 0.15) is 30.5 Å². The summed E-state index contributed by atoms with van der Waals surface area (Å²) >= 11 is 13.3. The van der Waals surface area contributed by atoms with Crippen molar-refractivity contribution in [3.05, 3.63) is 76.4 Å². The molecule has 0 bridgehead atoms. The van der Waals surface area contributed by atoms with Gasteiger partial charge >= 0.3 is 5.97 Å². The second-order valence-corrected chi connectivity index (χ2v) is 14.2. The van der Waals surface area contributed by atoms with Gasteiger partial charge < -0.3 is 19.3 Å². The molecule has 2 aromatic heterocycles. The lowest BCUT2D eigenvalue weighted by atomic mass is 10.1. The Morgan fingerprint density at radius 2 is 1.94 bits per heavy atom. The molecule has 15 heteroatoms. The minimum Gasteiger partial charge on any atom is -0.487 e. The predicted octanol–water partition coefficient (Wildman–Crippen LogP) is 4.63. The van der Waals surface area contributed by atoms with E-state index < -0.39 is 22.0 Å². The first kappa shape index (κ1) is 34.6. The van der Waals surface area contributed by atoms with Crippen molar-refractivity contribution in [1.29, 1.82) is 0 Å². The highest BCUT2D eigenvalue weighted by Crippen LogP contribution is 2.37. The standard InChI is InChI=1S/C32H36Cl2N6O6S/c1-21-17-26(39-16-12-35-20-39)22-7-4-9-27(31(22)36-21)46-19-23-24(33)10-11-28(30(23)34)47(44,45)40-15-5-8-25(40)32(43)38(3)14-6-13-37(2)18-29(41)42/h4,7,9-12,16-17,20,25H,5-6,8,13-15,18-19H2,1-3H3,(H,41,42)/t25-/m0/s1. The summed E-state index contributed by atoms with van der Waals surface area (Å²) in [4.78, 5) is 36.2. The second-order valence-electron chi connectivity index (χ2n) is 11.6. The van der Waals surface area contributed by atoms with Crippen LogP contribution >= 0.6 is 23.2 Å². The summed E-state index contributed by atoms with van der Waals surface area (Å²) in [5, 5.41) is 9.94. The SMILES string of the molecule is Cc1cc(-n2ccnc2)c2cccc(OCc3c(Cl)ccc(S(=O)(=O)N4CCC[C@H]4C(=O)N(C)CCCN(C)CC(=O)O)c3Cl)c2n1. The fourth-order valence-electron chi connectivity index (χ4n) is 5.77. The number of likely N-dealkylation sites (N-methyl/N-ethyl adjacent to an activating group) is 2. The first-order valence-electron chi connectivity index (χ1n) is 15.0. The number of hydrogen-bond donors (Lipinski definition) is 1. The maximum Gasteiger partial charge on any atom is 0.317 e. The minimum absolute atomic E-state index is 0.0751. The lowest BCUT2D eigenvalue weighted by Crippen LogP contribution is -2.47. The minimum atomic E-state index is -4.19. The molecule has 0 unspecified atom stereocenters.